The van der Waals surface area contributed by atoms with Crippen LogP contribution in [-0.2, 0) is 23.1 Å². The summed E-state index contributed by atoms with van der Waals surface area (Å²) in [7, 11) is 2.04. The predicted octanol–water partition coefficient (Wildman–Crippen LogP) is 2.97. The number of nitrogens with zero attached hydrogens (tertiary/aromatic N) is 2. The molecule has 0 spiro atoms. The van der Waals surface area contributed by atoms with E-state index in [1.807, 2.05) is 43.6 Å². The van der Waals surface area contributed by atoms with Crippen molar-refractivity contribution >= 4 is 29.3 Å². The van der Waals surface area contributed by atoms with Crippen molar-refractivity contribution in [2.45, 2.75) is 23.8 Å². The predicted molar refractivity (Wildman–Crippen MR) is 90.7 cm³/mol. The zero-order chi connectivity index (χ0) is 16.1. The molecule has 0 unspecified atom stereocenters. The van der Waals surface area contributed by atoms with E-state index in [0.29, 0.717) is 5.69 Å². The first kappa shape index (κ1) is 14.6. The first-order valence-electron chi connectivity index (χ1n) is 7.79. The van der Waals surface area contributed by atoms with Crippen LogP contribution in [-0.4, -0.2) is 22.6 Å². The van der Waals surface area contributed by atoms with Gasteiger partial charge in [-0.25, -0.2) is 4.90 Å². The molecular weight excluding hydrogens is 308 g/mol. The maximum Gasteiger partial charge on any atom is 0.242 e. The molecule has 1 aromatic carbocycles. The molecule has 1 aliphatic heterocycles. The number of aromatic nitrogens is 1. The van der Waals surface area contributed by atoms with Gasteiger partial charge in [0.1, 0.15) is 0 Å². The second-order valence-corrected chi connectivity index (χ2v) is 6.94. The van der Waals surface area contributed by atoms with Crippen molar-refractivity contribution in [2.24, 2.45) is 13.0 Å². The third-order valence-electron chi connectivity index (χ3n) is 5.02. The van der Waals surface area contributed by atoms with Gasteiger partial charge in [-0.2, -0.15) is 0 Å². The monoisotopic (exact) mass is 326 g/mol. The Balaban J connectivity index is 1.80. The molecule has 1 saturated heterocycles. The molecule has 23 heavy (non-hydrogen) atoms. The number of amides is 2. The number of carbonyl (C=O) groups excluding carboxylic acids is 2. The van der Waals surface area contributed by atoms with Crippen molar-refractivity contribution < 1.29 is 9.59 Å². The van der Waals surface area contributed by atoms with E-state index < -0.39 is 0 Å². The van der Waals surface area contributed by atoms with E-state index in [0.717, 1.165) is 23.4 Å². The topological polar surface area (TPSA) is 42.3 Å². The molecule has 1 fully saturated rings. The quantitative estimate of drug-likeness (QED) is 0.629. The Bertz CT molecular complexity index is 797. The number of anilines is 1. The van der Waals surface area contributed by atoms with Crippen LogP contribution in [0.4, 0.5) is 5.69 Å². The molecule has 2 atom stereocenters. The molecule has 118 valence electrons. The van der Waals surface area contributed by atoms with Gasteiger partial charge in [-0.1, -0.05) is 18.2 Å². The molecule has 1 aliphatic carbocycles. The SMILES string of the molecule is CSc1cc2c(n1C)CC[C@@H]1C(=O)N(c3ccccc3)C(=O)[C@H]21. The first-order chi connectivity index (χ1) is 11.1. The molecule has 2 aliphatic rings. The van der Waals surface area contributed by atoms with Crippen molar-refractivity contribution in [1.82, 2.24) is 4.57 Å². The van der Waals surface area contributed by atoms with Crippen molar-refractivity contribution in [1.29, 1.82) is 0 Å². The number of para-hydroxylation sites is 1. The van der Waals surface area contributed by atoms with Crippen LogP contribution in [0.2, 0.25) is 0 Å². The standard InChI is InChI=1S/C18H18N2O2S/c1-19-14-9-8-12-16(13(14)10-15(19)23-2)18(22)20(17(12)21)11-6-4-3-5-7-11/h3-7,10,12,16H,8-9H2,1-2H3/t12-,16-/m0/s1. The summed E-state index contributed by atoms with van der Waals surface area (Å²) in [5, 5.41) is 1.15. The number of hydrogen-bond donors (Lipinski definition) is 0. The van der Waals surface area contributed by atoms with E-state index in [1.165, 1.54) is 10.6 Å². The van der Waals surface area contributed by atoms with Crippen molar-refractivity contribution in [3.8, 4) is 0 Å². The summed E-state index contributed by atoms with van der Waals surface area (Å²) < 4.78 is 2.17. The lowest BCUT2D eigenvalue weighted by molar-refractivity contribution is -0.122. The lowest BCUT2D eigenvalue weighted by atomic mass is 9.79. The fraction of sp³-hybridized carbons (Fsp3) is 0.333. The van der Waals surface area contributed by atoms with Crippen molar-refractivity contribution in [3.63, 3.8) is 0 Å². The van der Waals surface area contributed by atoms with Gasteiger partial charge in [0.25, 0.3) is 0 Å². The van der Waals surface area contributed by atoms with Crippen LogP contribution in [0.15, 0.2) is 41.4 Å². The number of fused-ring (bicyclic) bond motifs is 3. The van der Waals surface area contributed by atoms with Crippen LogP contribution in [0.1, 0.15) is 23.6 Å². The summed E-state index contributed by atoms with van der Waals surface area (Å²) in [5.41, 5.74) is 2.93. The van der Waals surface area contributed by atoms with Gasteiger partial charge in [-0.15, -0.1) is 11.8 Å². The Morgan fingerprint density at radius 2 is 1.87 bits per heavy atom. The Hall–Kier alpha value is -2.01. The molecule has 5 heteroatoms. The van der Waals surface area contributed by atoms with Crippen LogP contribution in [0.25, 0.3) is 0 Å². The number of benzene rings is 1. The van der Waals surface area contributed by atoms with Gasteiger partial charge >= 0.3 is 0 Å². The zero-order valence-corrected chi connectivity index (χ0v) is 14.0. The Labute approximate surface area is 139 Å². The van der Waals surface area contributed by atoms with Crippen LogP contribution >= 0.6 is 11.8 Å². The number of hydrogen-bond acceptors (Lipinski definition) is 3. The molecule has 4 rings (SSSR count). The van der Waals surface area contributed by atoms with Gasteiger partial charge in [0.15, 0.2) is 0 Å². The van der Waals surface area contributed by atoms with E-state index in [9.17, 15) is 9.59 Å². The van der Waals surface area contributed by atoms with Gasteiger partial charge in [-0.05, 0) is 42.9 Å². The molecule has 1 aromatic heterocycles. The van der Waals surface area contributed by atoms with E-state index in [4.69, 9.17) is 0 Å². The summed E-state index contributed by atoms with van der Waals surface area (Å²) in [4.78, 5) is 27.2. The average molecular weight is 326 g/mol. The second kappa shape index (κ2) is 5.27. The molecular formula is C18H18N2O2S. The molecule has 4 nitrogen and oxygen atoms in total. The van der Waals surface area contributed by atoms with Gasteiger partial charge in [0, 0.05) is 12.7 Å². The van der Waals surface area contributed by atoms with Crippen molar-refractivity contribution in [3.05, 3.63) is 47.7 Å². The zero-order valence-electron chi connectivity index (χ0n) is 13.2. The maximum absolute atomic E-state index is 13.0. The number of thioether (sulfide) groups is 1. The maximum atomic E-state index is 13.0. The van der Waals surface area contributed by atoms with E-state index >= 15 is 0 Å². The van der Waals surface area contributed by atoms with Crippen molar-refractivity contribution in [2.75, 3.05) is 11.2 Å². The van der Waals surface area contributed by atoms with Gasteiger partial charge in [-0.3, -0.25) is 9.59 Å². The third-order valence-corrected chi connectivity index (χ3v) is 5.83. The highest BCUT2D eigenvalue weighted by molar-refractivity contribution is 7.98. The van der Waals surface area contributed by atoms with E-state index in [1.54, 1.807) is 11.8 Å². The second-order valence-electron chi connectivity index (χ2n) is 6.12. The third kappa shape index (κ3) is 1.99. The van der Waals surface area contributed by atoms with Gasteiger partial charge in [0.2, 0.25) is 11.8 Å². The van der Waals surface area contributed by atoms with Crippen LogP contribution in [0, 0.1) is 5.92 Å². The minimum absolute atomic E-state index is 0.0496. The van der Waals surface area contributed by atoms with Gasteiger partial charge < -0.3 is 4.57 Å². The Kier molecular flexibility index (Phi) is 3.34. The fourth-order valence-corrected chi connectivity index (χ4v) is 4.54. The normalized spacial score (nSPS) is 23.1. The summed E-state index contributed by atoms with van der Waals surface area (Å²) in [6, 6.07) is 11.4. The molecule has 0 saturated carbocycles. The van der Waals surface area contributed by atoms with Crippen LogP contribution in [0.5, 0.6) is 0 Å². The summed E-state index contributed by atoms with van der Waals surface area (Å²) >= 11 is 1.68. The highest BCUT2D eigenvalue weighted by atomic mass is 32.2. The molecule has 0 bridgehead atoms. The molecule has 0 radical (unpaired) electrons. The molecule has 0 N–H and O–H groups in total. The lowest BCUT2D eigenvalue weighted by Gasteiger charge is -2.22. The number of carbonyl (C=O) groups is 2. The van der Waals surface area contributed by atoms with E-state index in [-0.39, 0.29) is 23.7 Å². The number of imide groups is 1. The van der Waals surface area contributed by atoms with Crippen LogP contribution < -0.4 is 4.90 Å². The summed E-state index contributed by atoms with van der Waals surface area (Å²) in [6.45, 7) is 0. The Morgan fingerprint density at radius 3 is 2.57 bits per heavy atom. The molecule has 2 aromatic rings. The highest BCUT2D eigenvalue weighted by Crippen LogP contribution is 2.46. The minimum atomic E-state index is -0.321. The smallest absolute Gasteiger partial charge is 0.242 e. The minimum Gasteiger partial charge on any atom is -0.343 e. The first-order valence-corrected chi connectivity index (χ1v) is 9.01. The highest BCUT2D eigenvalue weighted by Gasteiger charge is 2.51. The average Bonchev–Trinajstić information content (AvgIpc) is 3.03. The largest absolute Gasteiger partial charge is 0.343 e. The fourth-order valence-electron chi connectivity index (χ4n) is 3.91. The number of rotatable bonds is 2. The van der Waals surface area contributed by atoms with E-state index in [2.05, 4.69) is 10.6 Å². The summed E-state index contributed by atoms with van der Waals surface area (Å²) in [6.07, 6.45) is 3.64. The van der Waals surface area contributed by atoms with Gasteiger partial charge in [0.05, 0.1) is 22.5 Å². The Morgan fingerprint density at radius 1 is 1.13 bits per heavy atom. The van der Waals surface area contributed by atoms with Crippen LogP contribution in [0.3, 0.4) is 0 Å². The lowest BCUT2D eigenvalue weighted by Crippen LogP contribution is -2.30. The molecule has 2 amide bonds. The summed E-state index contributed by atoms with van der Waals surface area (Å²) in [5.74, 6) is -0.664. The molecule has 2 heterocycles.